The molecule has 0 saturated heterocycles. The van der Waals surface area contributed by atoms with Crippen LogP contribution in [0.4, 0.5) is 0 Å². The van der Waals surface area contributed by atoms with Crippen molar-refractivity contribution in [3.8, 4) is 28.6 Å². The maximum Gasteiger partial charge on any atom is 0.231 e. The molecule has 1 saturated carbocycles. The first-order chi connectivity index (χ1) is 16.6. The SMILES string of the molecule is Cc1cc(C(=O)CSc2nnc(-c3ccncc3)n2C2CC2)c(C)n1-c1ccc2c(c1)OCO2. The molecule has 4 heterocycles. The van der Waals surface area contributed by atoms with Gasteiger partial charge in [0.1, 0.15) is 0 Å². The summed E-state index contributed by atoms with van der Waals surface area (Å²) in [6.07, 6.45) is 5.73. The Morgan fingerprint density at radius 1 is 1.06 bits per heavy atom. The fourth-order valence-electron chi connectivity index (χ4n) is 4.41. The van der Waals surface area contributed by atoms with Crippen LogP contribution in [0.3, 0.4) is 0 Å². The average Bonchev–Trinajstić information content (AvgIpc) is 3.29. The summed E-state index contributed by atoms with van der Waals surface area (Å²) in [4.78, 5) is 17.3. The molecule has 34 heavy (non-hydrogen) atoms. The van der Waals surface area contributed by atoms with Gasteiger partial charge in [0.25, 0.3) is 0 Å². The van der Waals surface area contributed by atoms with Gasteiger partial charge in [0.2, 0.25) is 6.79 Å². The fourth-order valence-corrected chi connectivity index (χ4v) is 5.30. The number of aryl methyl sites for hydroxylation is 1. The molecule has 8 nitrogen and oxygen atoms in total. The average molecular weight is 474 g/mol. The lowest BCUT2D eigenvalue weighted by Gasteiger charge is -2.11. The van der Waals surface area contributed by atoms with E-state index in [1.165, 1.54) is 11.8 Å². The quantitative estimate of drug-likeness (QED) is 0.282. The van der Waals surface area contributed by atoms with E-state index in [1.807, 2.05) is 50.2 Å². The second-order valence-corrected chi connectivity index (χ2v) is 9.46. The molecule has 0 atom stereocenters. The van der Waals surface area contributed by atoms with Crippen molar-refractivity contribution < 1.29 is 14.3 Å². The molecule has 2 aliphatic rings. The van der Waals surface area contributed by atoms with Gasteiger partial charge in [-0.25, -0.2) is 0 Å². The van der Waals surface area contributed by atoms with E-state index in [0.717, 1.165) is 63.5 Å². The molecule has 4 aromatic rings. The number of thioether (sulfide) groups is 1. The number of carbonyl (C=O) groups excluding carboxylic acids is 1. The fraction of sp³-hybridized carbons (Fsp3) is 0.280. The first kappa shape index (κ1) is 21.0. The van der Waals surface area contributed by atoms with Gasteiger partial charge in [0.05, 0.1) is 5.75 Å². The van der Waals surface area contributed by atoms with Gasteiger partial charge in [-0.15, -0.1) is 10.2 Å². The van der Waals surface area contributed by atoms with Crippen molar-refractivity contribution in [2.45, 2.75) is 37.9 Å². The highest BCUT2D eigenvalue weighted by Crippen LogP contribution is 2.41. The zero-order valence-electron chi connectivity index (χ0n) is 18.9. The van der Waals surface area contributed by atoms with Crippen LogP contribution in [0.15, 0.2) is 53.9 Å². The summed E-state index contributed by atoms with van der Waals surface area (Å²) in [6, 6.07) is 12.1. The second kappa shape index (κ2) is 8.32. The molecular formula is C25H23N5O3S. The number of pyridine rings is 1. The van der Waals surface area contributed by atoms with Crippen LogP contribution in [0.1, 0.15) is 40.6 Å². The van der Waals surface area contributed by atoms with Gasteiger partial charge in [0, 0.05) is 52.7 Å². The van der Waals surface area contributed by atoms with Gasteiger partial charge in [-0.2, -0.15) is 0 Å². The van der Waals surface area contributed by atoms with Gasteiger partial charge < -0.3 is 14.0 Å². The number of Topliss-reactive ketones (excluding diaryl/α,β-unsaturated/α-hetero) is 1. The Hall–Kier alpha value is -3.59. The van der Waals surface area contributed by atoms with Gasteiger partial charge in [-0.05, 0) is 57.0 Å². The van der Waals surface area contributed by atoms with Gasteiger partial charge in [0.15, 0.2) is 28.3 Å². The van der Waals surface area contributed by atoms with E-state index < -0.39 is 0 Å². The van der Waals surface area contributed by atoms with E-state index in [0.29, 0.717) is 11.8 Å². The summed E-state index contributed by atoms with van der Waals surface area (Å²) >= 11 is 1.45. The molecule has 1 aliphatic heterocycles. The van der Waals surface area contributed by atoms with Crippen LogP contribution in [-0.2, 0) is 0 Å². The van der Waals surface area contributed by atoms with E-state index >= 15 is 0 Å². The molecule has 0 radical (unpaired) electrons. The number of benzene rings is 1. The molecule has 0 unspecified atom stereocenters. The van der Waals surface area contributed by atoms with Crippen LogP contribution in [0.25, 0.3) is 17.1 Å². The third-order valence-corrected chi connectivity index (χ3v) is 7.14. The molecule has 3 aromatic heterocycles. The summed E-state index contributed by atoms with van der Waals surface area (Å²) in [5, 5.41) is 9.63. The first-order valence-corrected chi connectivity index (χ1v) is 12.2. The summed E-state index contributed by atoms with van der Waals surface area (Å²) in [5.74, 6) is 2.66. The van der Waals surface area contributed by atoms with Crippen LogP contribution < -0.4 is 9.47 Å². The van der Waals surface area contributed by atoms with E-state index in [1.54, 1.807) is 12.4 Å². The van der Waals surface area contributed by atoms with Crippen molar-refractivity contribution in [1.29, 1.82) is 0 Å². The molecule has 0 bridgehead atoms. The first-order valence-electron chi connectivity index (χ1n) is 11.2. The van der Waals surface area contributed by atoms with Gasteiger partial charge in [-0.3, -0.25) is 14.3 Å². The maximum atomic E-state index is 13.3. The van der Waals surface area contributed by atoms with Gasteiger partial charge >= 0.3 is 0 Å². The van der Waals surface area contributed by atoms with E-state index in [9.17, 15) is 4.79 Å². The van der Waals surface area contributed by atoms with Crippen LogP contribution in [-0.4, -0.2) is 42.6 Å². The van der Waals surface area contributed by atoms with Crippen molar-refractivity contribution in [3.63, 3.8) is 0 Å². The lowest BCUT2D eigenvalue weighted by atomic mass is 10.2. The summed E-state index contributed by atoms with van der Waals surface area (Å²) < 4.78 is 15.2. The minimum absolute atomic E-state index is 0.0703. The predicted molar refractivity (Wildman–Crippen MR) is 128 cm³/mol. The highest BCUT2D eigenvalue weighted by atomic mass is 32.2. The van der Waals surface area contributed by atoms with E-state index in [2.05, 4.69) is 24.3 Å². The predicted octanol–water partition coefficient (Wildman–Crippen LogP) is 4.79. The number of rotatable bonds is 7. The summed E-state index contributed by atoms with van der Waals surface area (Å²) in [6.45, 7) is 4.22. The molecule has 0 N–H and O–H groups in total. The minimum Gasteiger partial charge on any atom is -0.454 e. The molecule has 1 aliphatic carbocycles. The minimum atomic E-state index is 0.0703. The van der Waals surface area contributed by atoms with Crippen molar-refractivity contribution in [1.82, 2.24) is 24.3 Å². The Morgan fingerprint density at radius 3 is 2.65 bits per heavy atom. The van der Waals surface area contributed by atoms with Crippen molar-refractivity contribution >= 4 is 17.5 Å². The topological polar surface area (TPSA) is 84.1 Å². The molecule has 1 fully saturated rings. The number of fused-ring (bicyclic) bond motifs is 1. The highest BCUT2D eigenvalue weighted by molar-refractivity contribution is 7.99. The lowest BCUT2D eigenvalue weighted by Crippen LogP contribution is -2.07. The van der Waals surface area contributed by atoms with Crippen molar-refractivity contribution in [2.24, 2.45) is 0 Å². The number of hydrogen-bond acceptors (Lipinski definition) is 7. The van der Waals surface area contributed by atoms with Crippen LogP contribution >= 0.6 is 11.8 Å². The second-order valence-electron chi connectivity index (χ2n) is 8.51. The van der Waals surface area contributed by atoms with Crippen LogP contribution in [0, 0.1) is 13.8 Å². The maximum absolute atomic E-state index is 13.3. The molecule has 0 amide bonds. The molecular weight excluding hydrogens is 450 g/mol. The number of aromatic nitrogens is 5. The molecule has 9 heteroatoms. The van der Waals surface area contributed by atoms with Crippen LogP contribution in [0.5, 0.6) is 11.5 Å². The third-order valence-electron chi connectivity index (χ3n) is 6.19. The van der Waals surface area contributed by atoms with Crippen molar-refractivity contribution in [2.75, 3.05) is 12.5 Å². The van der Waals surface area contributed by atoms with Crippen LogP contribution in [0.2, 0.25) is 0 Å². The Labute approximate surface area is 200 Å². The molecule has 172 valence electrons. The number of hydrogen-bond donors (Lipinski definition) is 0. The molecule has 6 rings (SSSR count). The van der Waals surface area contributed by atoms with E-state index in [4.69, 9.17) is 9.47 Å². The number of ketones is 1. The van der Waals surface area contributed by atoms with Crippen molar-refractivity contribution in [3.05, 3.63) is 65.7 Å². The Kier molecular flexibility index (Phi) is 5.13. The monoisotopic (exact) mass is 473 g/mol. The summed E-state index contributed by atoms with van der Waals surface area (Å²) in [7, 11) is 0. The van der Waals surface area contributed by atoms with E-state index in [-0.39, 0.29) is 12.6 Å². The molecule has 0 spiro atoms. The Bertz CT molecular complexity index is 1390. The largest absolute Gasteiger partial charge is 0.454 e. The number of ether oxygens (including phenoxy) is 2. The van der Waals surface area contributed by atoms with Gasteiger partial charge in [-0.1, -0.05) is 11.8 Å². The zero-order chi connectivity index (χ0) is 23.2. The Balaban J connectivity index is 1.24. The molecule has 1 aromatic carbocycles. The third kappa shape index (κ3) is 3.66. The Morgan fingerprint density at radius 2 is 1.85 bits per heavy atom. The lowest BCUT2D eigenvalue weighted by molar-refractivity contribution is 0.102. The number of nitrogens with zero attached hydrogens (tertiary/aromatic N) is 5. The normalized spacial score (nSPS) is 14.5. The summed E-state index contributed by atoms with van der Waals surface area (Å²) in [5.41, 5.74) is 4.55. The smallest absolute Gasteiger partial charge is 0.231 e. The standard InChI is InChI=1S/C25H23N5O3S/c1-15-11-20(16(2)29(15)19-5-6-22-23(12-19)33-14-32-22)21(31)13-34-25-28-27-24(30(25)18-3-4-18)17-7-9-26-10-8-17/h5-12,18H,3-4,13-14H2,1-2H3. The highest BCUT2D eigenvalue weighted by Gasteiger charge is 2.30. The number of carbonyl (C=O) groups is 1. The zero-order valence-corrected chi connectivity index (χ0v) is 19.7.